The van der Waals surface area contributed by atoms with E-state index in [-0.39, 0.29) is 5.60 Å². The first kappa shape index (κ1) is 19.3. The Bertz CT molecular complexity index is 866. The van der Waals surface area contributed by atoms with Crippen molar-refractivity contribution in [3.8, 4) is 11.5 Å². The number of methoxy groups -OCH3 is 1. The van der Waals surface area contributed by atoms with Crippen molar-refractivity contribution < 1.29 is 9.47 Å². The number of para-hydroxylation sites is 1. The fourth-order valence-electron chi connectivity index (χ4n) is 2.97. The van der Waals surface area contributed by atoms with Crippen LogP contribution in [-0.2, 0) is 6.42 Å². The highest BCUT2D eigenvalue weighted by Crippen LogP contribution is 2.32. The Kier molecular flexibility index (Phi) is 6.08. The molecule has 0 fully saturated rings. The zero-order valence-corrected chi connectivity index (χ0v) is 16.5. The quantitative estimate of drug-likeness (QED) is 0.235. The molecule has 0 radical (unpaired) electrons. The van der Waals surface area contributed by atoms with Crippen molar-refractivity contribution in [2.45, 2.75) is 18.9 Å². The lowest BCUT2D eigenvalue weighted by molar-refractivity contribution is 0.164. The summed E-state index contributed by atoms with van der Waals surface area (Å²) in [6.45, 7) is 2.61. The Morgan fingerprint density at radius 1 is 1.30 bits per heavy atom. The predicted octanol–water partition coefficient (Wildman–Crippen LogP) is 3.24. The Hall–Kier alpha value is -2.44. The first-order valence-corrected chi connectivity index (χ1v) is 9.48. The third-order valence-corrected chi connectivity index (χ3v) is 5.16. The van der Waals surface area contributed by atoms with Crippen LogP contribution in [0.3, 0.4) is 0 Å². The van der Waals surface area contributed by atoms with E-state index < -0.39 is 0 Å². The van der Waals surface area contributed by atoms with Gasteiger partial charge in [-0.05, 0) is 49.2 Å². The molecule has 142 valence electrons. The minimum Gasteiger partial charge on any atom is -0.496 e. The zero-order chi connectivity index (χ0) is 19.3. The van der Waals surface area contributed by atoms with Crippen molar-refractivity contribution in [1.29, 1.82) is 0 Å². The zero-order valence-electron chi connectivity index (χ0n) is 15.6. The van der Waals surface area contributed by atoms with Crippen LogP contribution in [0.15, 0.2) is 53.5 Å². The first-order chi connectivity index (χ1) is 13.1. The number of ether oxygens (including phenoxy) is 2. The van der Waals surface area contributed by atoms with Crippen LogP contribution in [-0.4, -0.2) is 30.8 Å². The second-order valence-corrected chi connectivity index (χ2v) is 6.91. The maximum Gasteiger partial charge on any atom is 0.142 e. The molecule has 0 saturated heterocycles. The van der Waals surface area contributed by atoms with Gasteiger partial charge in [0.1, 0.15) is 22.9 Å². The summed E-state index contributed by atoms with van der Waals surface area (Å²) in [5.41, 5.74) is 5.36. The summed E-state index contributed by atoms with van der Waals surface area (Å²) >= 11 is 4.36. The number of amidine groups is 1. The highest BCUT2D eigenvalue weighted by molar-refractivity contribution is 7.80. The second kappa shape index (κ2) is 8.50. The number of nitrogens with one attached hydrogen (secondary N) is 1. The van der Waals surface area contributed by atoms with Crippen LogP contribution in [0.25, 0.3) is 6.08 Å². The fraction of sp³-hybridized carbons (Fsp3) is 0.286. The van der Waals surface area contributed by atoms with Gasteiger partial charge in [0.2, 0.25) is 0 Å². The molecule has 0 aromatic heterocycles. The molecule has 27 heavy (non-hydrogen) atoms. The van der Waals surface area contributed by atoms with Crippen molar-refractivity contribution >= 4 is 24.5 Å². The Morgan fingerprint density at radius 3 is 2.85 bits per heavy atom. The van der Waals surface area contributed by atoms with Gasteiger partial charge in [0.15, 0.2) is 0 Å². The van der Waals surface area contributed by atoms with E-state index in [9.17, 15) is 0 Å². The highest BCUT2D eigenvalue weighted by Gasteiger charge is 2.25. The van der Waals surface area contributed by atoms with Crippen molar-refractivity contribution in [1.82, 2.24) is 5.43 Å². The number of nitrogens with two attached hydrogens (primary N) is 1. The van der Waals surface area contributed by atoms with Crippen molar-refractivity contribution in [2.24, 2.45) is 10.8 Å². The van der Waals surface area contributed by atoms with E-state index in [4.69, 9.17) is 15.3 Å². The maximum absolute atomic E-state index is 6.03. The molecule has 0 saturated carbocycles. The molecule has 2 aromatic rings. The Balaban J connectivity index is 1.75. The second-order valence-electron chi connectivity index (χ2n) is 6.60. The van der Waals surface area contributed by atoms with Gasteiger partial charge in [-0.2, -0.15) is 12.6 Å². The maximum atomic E-state index is 6.03. The van der Waals surface area contributed by atoms with Gasteiger partial charge in [0, 0.05) is 23.4 Å². The Labute approximate surface area is 165 Å². The number of hydrogen-bond acceptors (Lipinski definition) is 5. The smallest absolute Gasteiger partial charge is 0.142 e. The van der Waals surface area contributed by atoms with Crippen LogP contribution in [0, 0.1) is 0 Å². The number of hydrazine groups is 1. The van der Waals surface area contributed by atoms with E-state index >= 15 is 0 Å². The summed E-state index contributed by atoms with van der Waals surface area (Å²) in [5, 5.41) is 0. The third-order valence-electron chi connectivity index (χ3n) is 4.54. The van der Waals surface area contributed by atoms with E-state index in [2.05, 4.69) is 29.1 Å². The predicted molar refractivity (Wildman–Crippen MR) is 114 cm³/mol. The SMILES string of the molecule is COc1ccccc1CCN=C(NN)c1ccc2c(c1)C=CC(C)(CS)O2. The molecule has 1 atom stereocenters. The van der Waals surface area contributed by atoms with E-state index in [1.165, 1.54) is 0 Å². The molecular weight excluding hydrogens is 358 g/mol. The van der Waals surface area contributed by atoms with Gasteiger partial charge in [-0.15, -0.1) is 0 Å². The number of fused-ring (bicyclic) bond motifs is 1. The minimum atomic E-state index is -0.380. The van der Waals surface area contributed by atoms with E-state index in [0.29, 0.717) is 18.1 Å². The number of thiol groups is 1. The van der Waals surface area contributed by atoms with Crippen molar-refractivity contribution in [3.05, 3.63) is 65.2 Å². The summed E-state index contributed by atoms with van der Waals surface area (Å²) in [6, 6.07) is 13.9. The molecular formula is C21H25N3O2S. The number of nitrogens with zero attached hydrogens (tertiary/aromatic N) is 1. The lowest BCUT2D eigenvalue weighted by Gasteiger charge is -2.30. The van der Waals surface area contributed by atoms with Gasteiger partial charge in [-0.3, -0.25) is 4.99 Å². The topological polar surface area (TPSA) is 68.9 Å². The number of hydrogen-bond donors (Lipinski definition) is 3. The monoisotopic (exact) mass is 383 g/mol. The summed E-state index contributed by atoms with van der Waals surface area (Å²) in [4.78, 5) is 4.62. The number of benzene rings is 2. The lowest BCUT2D eigenvalue weighted by Crippen LogP contribution is -2.34. The average molecular weight is 384 g/mol. The molecule has 0 aliphatic carbocycles. The molecule has 1 unspecified atom stereocenters. The molecule has 3 N–H and O–H groups in total. The van der Waals surface area contributed by atoms with Gasteiger partial charge in [0.05, 0.1) is 7.11 Å². The molecule has 0 bridgehead atoms. The summed E-state index contributed by atoms with van der Waals surface area (Å²) in [5.74, 6) is 8.68. The van der Waals surface area contributed by atoms with Crippen molar-refractivity contribution in [2.75, 3.05) is 19.4 Å². The van der Waals surface area contributed by atoms with Gasteiger partial charge >= 0.3 is 0 Å². The highest BCUT2D eigenvalue weighted by atomic mass is 32.1. The van der Waals surface area contributed by atoms with E-state index in [1.807, 2.05) is 55.5 Å². The van der Waals surface area contributed by atoms with Gasteiger partial charge < -0.3 is 14.9 Å². The molecule has 2 aromatic carbocycles. The van der Waals surface area contributed by atoms with Crippen LogP contribution in [0.5, 0.6) is 11.5 Å². The molecule has 0 amide bonds. The lowest BCUT2D eigenvalue weighted by atomic mass is 10.0. The molecule has 3 rings (SSSR count). The standard InChI is InChI=1S/C21H25N3O2S/c1-21(14-27)11-9-16-13-17(7-8-19(16)26-21)20(24-22)23-12-10-15-5-3-4-6-18(15)25-2/h3-9,11,13,27H,10,12,14,22H2,1-2H3,(H,23,24). The summed E-state index contributed by atoms with van der Waals surface area (Å²) in [6.07, 6.45) is 4.85. The minimum absolute atomic E-state index is 0.380. The molecule has 1 aliphatic rings. The van der Waals surface area contributed by atoms with Gasteiger partial charge in [0.25, 0.3) is 0 Å². The number of aliphatic imine (C=N–C) groups is 1. The average Bonchev–Trinajstić information content (AvgIpc) is 2.71. The van der Waals surface area contributed by atoms with Crippen LogP contribution in [0.2, 0.25) is 0 Å². The van der Waals surface area contributed by atoms with Gasteiger partial charge in [-0.25, -0.2) is 5.84 Å². The molecule has 1 heterocycles. The molecule has 5 nitrogen and oxygen atoms in total. The van der Waals surface area contributed by atoms with E-state index in [0.717, 1.165) is 34.6 Å². The van der Waals surface area contributed by atoms with Crippen LogP contribution < -0.4 is 20.7 Å². The molecule has 6 heteroatoms. The Morgan fingerprint density at radius 2 is 2.11 bits per heavy atom. The summed E-state index contributed by atoms with van der Waals surface area (Å²) < 4.78 is 11.4. The third kappa shape index (κ3) is 4.46. The van der Waals surface area contributed by atoms with E-state index in [1.54, 1.807) is 7.11 Å². The normalized spacial score (nSPS) is 18.6. The molecule has 0 spiro atoms. The van der Waals surface area contributed by atoms with Crippen LogP contribution >= 0.6 is 12.6 Å². The van der Waals surface area contributed by atoms with Crippen LogP contribution in [0.4, 0.5) is 0 Å². The largest absolute Gasteiger partial charge is 0.496 e. The molecule has 1 aliphatic heterocycles. The van der Waals surface area contributed by atoms with Gasteiger partial charge in [-0.1, -0.05) is 24.3 Å². The van der Waals surface area contributed by atoms with Crippen molar-refractivity contribution in [3.63, 3.8) is 0 Å². The fourth-order valence-corrected chi connectivity index (χ4v) is 3.14. The number of rotatable bonds is 6. The first-order valence-electron chi connectivity index (χ1n) is 8.85. The summed E-state index contributed by atoms with van der Waals surface area (Å²) in [7, 11) is 1.68. The van der Waals surface area contributed by atoms with Crippen LogP contribution in [0.1, 0.15) is 23.6 Å².